The fourth-order valence-electron chi connectivity index (χ4n) is 4.49. The standard InChI is InChI=1S/C27H24O3/c1-17(2)25(28)27(23-16-29-26(23)18-9-4-3-5-10-18)30-24-14-8-13-21-20-12-7-6-11-19(20)15-22(21)24/h3-14,23,26-27H,1,15-16H2,2H3. The molecule has 1 saturated heterocycles. The highest BCUT2D eigenvalue weighted by Crippen LogP contribution is 2.44. The Labute approximate surface area is 177 Å². The Bertz CT molecular complexity index is 1120. The monoisotopic (exact) mass is 396 g/mol. The first-order valence-corrected chi connectivity index (χ1v) is 10.4. The summed E-state index contributed by atoms with van der Waals surface area (Å²) >= 11 is 0. The van der Waals surface area contributed by atoms with Crippen molar-refractivity contribution in [3.63, 3.8) is 0 Å². The quantitative estimate of drug-likeness (QED) is 0.402. The van der Waals surface area contributed by atoms with Crippen LogP contribution in [-0.2, 0) is 16.0 Å². The van der Waals surface area contributed by atoms with Gasteiger partial charge in [0, 0.05) is 12.0 Å². The molecule has 0 N–H and O–H groups in total. The van der Waals surface area contributed by atoms with Gasteiger partial charge in [-0.15, -0.1) is 0 Å². The lowest BCUT2D eigenvalue weighted by molar-refractivity contribution is -0.164. The Balaban J connectivity index is 1.48. The van der Waals surface area contributed by atoms with E-state index in [-0.39, 0.29) is 17.8 Å². The molecule has 3 atom stereocenters. The molecule has 0 saturated carbocycles. The van der Waals surface area contributed by atoms with Crippen molar-refractivity contribution in [1.82, 2.24) is 0 Å². The molecule has 0 aromatic heterocycles. The summed E-state index contributed by atoms with van der Waals surface area (Å²) in [7, 11) is 0. The Morgan fingerprint density at radius 3 is 2.47 bits per heavy atom. The Kier molecular flexibility index (Phi) is 4.76. The van der Waals surface area contributed by atoms with Crippen molar-refractivity contribution < 1.29 is 14.3 Å². The van der Waals surface area contributed by atoms with Crippen molar-refractivity contribution in [1.29, 1.82) is 0 Å². The van der Waals surface area contributed by atoms with Crippen LogP contribution in [0.5, 0.6) is 5.75 Å². The number of rotatable bonds is 6. The van der Waals surface area contributed by atoms with Gasteiger partial charge in [-0.3, -0.25) is 4.79 Å². The first kappa shape index (κ1) is 18.8. The fraction of sp³-hybridized carbons (Fsp3) is 0.222. The van der Waals surface area contributed by atoms with E-state index in [1.165, 1.54) is 16.7 Å². The molecule has 2 aliphatic rings. The van der Waals surface area contributed by atoms with Gasteiger partial charge in [0.2, 0.25) is 0 Å². The Hall–Kier alpha value is -3.17. The van der Waals surface area contributed by atoms with Gasteiger partial charge in [-0.25, -0.2) is 0 Å². The maximum atomic E-state index is 13.1. The lowest BCUT2D eigenvalue weighted by atomic mass is 9.84. The second-order valence-corrected chi connectivity index (χ2v) is 8.13. The number of hydrogen-bond donors (Lipinski definition) is 0. The predicted octanol–water partition coefficient (Wildman–Crippen LogP) is 5.54. The molecule has 0 amide bonds. The first-order chi connectivity index (χ1) is 14.6. The molecular weight excluding hydrogens is 372 g/mol. The molecular formula is C27H24O3. The molecule has 3 nitrogen and oxygen atoms in total. The van der Waals surface area contributed by atoms with Crippen LogP contribution < -0.4 is 4.74 Å². The highest BCUT2D eigenvalue weighted by atomic mass is 16.5. The van der Waals surface area contributed by atoms with Crippen LogP contribution in [0.25, 0.3) is 11.1 Å². The van der Waals surface area contributed by atoms with E-state index in [0.717, 1.165) is 23.3 Å². The topological polar surface area (TPSA) is 35.5 Å². The summed E-state index contributed by atoms with van der Waals surface area (Å²) in [5.41, 5.74) is 6.45. The van der Waals surface area contributed by atoms with Crippen LogP contribution in [0.15, 0.2) is 84.9 Å². The van der Waals surface area contributed by atoms with E-state index in [2.05, 4.69) is 36.9 Å². The van der Waals surface area contributed by atoms with E-state index in [1.54, 1.807) is 6.92 Å². The zero-order valence-electron chi connectivity index (χ0n) is 17.0. The van der Waals surface area contributed by atoms with Crippen LogP contribution in [-0.4, -0.2) is 18.5 Å². The third-order valence-corrected chi connectivity index (χ3v) is 6.11. The summed E-state index contributed by atoms with van der Waals surface area (Å²) in [6, 6.07) is 24.6. The second-order valence-electron chi connectivity index (χ2n) is 8.13. The fourth-order valence-corrected chi connectivity index (χ4v) is 4.49. The smallest absolute Gasteiger partial charge is 0.198 e. The van der Waals surface area contributed by atoms with E-state index in [9.17, 15) is 4.79 Å². The molecule has 150 valence electrons. The van der Waals surface area contributed by atoms with Gasteiger partial charge >= 0.3 is 0 Å². The summed E-state index contributed by atoms with van der Waals surface area (Å²) in [5, 5.41) is 0. The second kappa shape index (κ2) is 7.58. The molecule has 1 aliphatic carbocycles. The van der Waals surface area contributed by atoms with Gasteiger partial charge in [0.15, 0.2) is 11.9 Å². The average Bonchev–Trinajstić information content (AvgIpc) is 3.12. The molecule has 0 spiro atoms. The van der Waals surface area contributed by atoms with Gasteiger partial charge < -0.3 is 9.47 Å². The van der Waals surface area contributed by atoms with Gasteiger partial charge in [0.05, 0.1) is 18.6 Å². The van der Waals surface area contributed by atoms with Crippen LogP contribution in [0, 0.1) is 5.92 Å². The zero-order chi connectivity index (χ0) is 20.7. The Morgan fingerprint density at radius 2 is 1.73 bits per heavy atom. The molecule has 5 rings (SSSR count). The minimum Gasteiger partial charge on any atom is -0.481 e. The van der Waals surface area contributed by atoms with Crippen molar-refractivity contribution in [3.8, 4) is 16.9 Å². The van der Waals surface area contributed by atoms with Gasteiger partial charge in [-0.2, -0.15) is 0 Å². The molecule has 3 unspecified atom stereocenters. The van der Waals surface area contributed by atoms with Crippen LogP contribution in [0.2, 0.25) is 0 Å². The number of Topliss-reactive ketones (excluding diaryl/α,β-unsaturated/α-hetero) is 1. The lowest BCUT2D eigenvalue weighted by Gasteiger charge is -2.41. The number of carbonyl (C=O) groups excluding carboxylic acids is 1. The number of benzene rings is 3. The Morgan fingerprint density at radius 1 is 1.00 bits per heavy atom. The van der Waals surface area contributed by atoms with Crippen LogP contribution >= 0.6 is 0 Å². The molecule has 1 aliphatic heterocycles. The van der Waals surface area contributed by atoms with E-state index < -0.39 is 6.10 Å². The van der Waals surface area contributed by atoms with Crippen molar-refractivity contribution in [2.45, 2.75) is 25.6 Å². The van der Waals surface area contributed by atoms with E-state index >= 15 is 0 Å². The van der Waals surface area contributed by atoms with Crippen LogP contribution in [0.4, 0.5) is 0 Å². The lowest BCUT2D eigenvalue weighted by Crippen LogP contribution is -2.48. The summed E-state index contributed by atoms with van der Waals surface area (Å²) in [5.74, 6) is 0.676. The maximum Gasteiger partial charge on any atom is 0.198 e. The first-order valence-electron chi connectivity index (χ1n) is 10.4. The van der Waals surface area contributed by atoms with E-state index in [1.807, 2.05) is 42.5 Å². The molecule has 30 heavy (non-hydrogen) atoms. The SMILES string of the molecule is C=C(C)C(=O)C(Oc1cccc2c1Cc1ccccc1-2)C1COC1c1ccccc1. The van der Waals surface area contributed by atoms with Crippen molar-refractivity contribution >= 4 is 5.78 Å². The molecule has 3 aromatic carbocycles. The summed E-state index contributed by atoms with van der Waals surface area (Å²) < 4.78 is 12.3. The minimum absolute atomic E-state index is 0.0452. The van der Waals surface area contributed by atoms with Crippen molar-refractivity contribution in [2.75, 3.05) is 6.61 Å². The third kappa shape index (κ3) is 3.16. The molecule has 1 heterocycles. The summed E-state index contributed by atoms with van der Waals surface area (Å²) in [6.45, 7) is 6.14. The molecule has 0 bridgehead atoms. The van der Waals surface area contributed by atoms with Crippen LogP contribution in [0.1, 0.15) is 29.7 Å². The van der Waals surface area contributed by atoms with Gasteiger partial charge in [0.1, 0.15) is 5.75 Å². The van der Waals surface area contributed by atoms with Crippen molar-refractivity contribution in [3.05, 3.63) is 102 Å². The summed E-state index contributed by atoms with van der Waals surface area (Å²) in [6.07, 6.45) is 0.0593. The van der Waals surface area contributed by atoms with Crippen molar-refractivity contribution in [2.24, 2.45) is 5.92 Å². The predicted molar refractivity (Wildman–Crippen MR) is 118 cm³/mol. The highest BCUT2D eigenvalue weighted by molar-refractivity contribution is 5.98. The largest absolute Gasteiger partial charge is 0.481 e. The number of fused-ring (bicyclic) bond motifs is 3. The maximum absolute atomic E-state index is 13.1. The minimum atomic E-state index is -0.614. The normalized spacial score (nSPS) is 19.9. The molecule has 3 heteroatoms. The van der Waals surface area contributed by atoms with E-state index in [0.29, 0.717) is 12.2 Å². The number of ketones is 1. The molecule has 0 radical (unpaired) electrons. The van der Waals surface area contributed by atoms with Gasteiger partial charge in [-0.05, 0) is 40.8 Å². The zero-order valence-corrected chi connectivity index (χ0v) is 17.0. The van der Waals surface area contributed by atoms with E-state index in [4.69, 9.17) is 9.47 Å². The van der Waals surface area contributed by atoms with Gasteiger partial charge in [-0.1, -0.05) is 73.3 Å². The molecule has 3 aromatic rings. The summed E-state index contributed by atoms with van der Waals surface area (Å²) in [4.78, 5) is 13.1. The molecule has 1 fully saturated rings. The van der Waals surface area contributed by atoms with Gasteiger partial charge in [0.25, 0.3) is 0 Å². The number of hydrogen-bond acceptors (Lipinski definition) is 3. The number of ether oxygens (including phenoxy) is 2. The highest BCUT2D eigenvalue weighted by Gasteiger charge is 2.44. The average molecular weight is 396 g/mol. The van der Waals surface area contributed by atoms with Crippen LogP contribution in [0.3, 0.4) is 0 Å². The third-order valence-electron chi connectivity index (χ3n) is 6.11. The number of carbonyl (C=O) groups is 1.